The van der Waals surface area contributed by atoms with Gasteiger partial charge in [-0.1, -0.05) is 31.0 Å². The number of rotatable bonds is 7. The number of aryl methyl sites for hydroxylation is 2. The van der Waals surface area contributed by atoms with E-state index < -0.39 is 0 Å². The van der Waals surface area contributed by atoms with E-state index in [1.54, 1.807) is 0 Å². The molecule has 0 spiro atoms. The number of unbranched alkanes of at least 4 members (excludes halogenated alkanes) is 1. The van der Waals surface area contributed by atoms with E-state index in [1.165, 1.54) is 0 Å². The molecular formula is C15H21ClN4. The number of aromatic nitrogens is 3. The largest absolute Gasteiger partial charge is 0.344 e. The van der Waals surface area contributed by atoms with Crippen molar-refractivity contribution in [1.82, 2.24) is 20.3 Å². The zero-order chi connectivity index (χ0) is 14.4. The zero-order valence-corrected chi connectivity index (χ0v) is 12.8. The molecule has 108 valence electrons. The van der Waals surface area contributed by atoms with Crippen molar-refractivity contribution in [1.29, 1.82) is 0 Å². The first-order valence-electron chi connectivity index (χ1n) is 7.05. The number of H-pyrrole nitrogens is 1. The van der Waals surface area contributed by atoms with E-state index in [1.807, 2.05) is 25.1 Å². The van der Waals surface area contributed by atoms with Crippen LogP contribution in [-0.2, 0) is 19.5 Å². The average Bonchev–Trinajstić information content (AvgIpc) is 2.77. The number of nitrogens with zero attached hydrogens (tertiary/aromatic N) is 2. The summed E-state index contributed by atoms with van der Waals surface area (Å²) in [5, 5.41) is 3.91. The molecule has 0 bridgehead atoms. The third kappa shape index (κ3) is 4.32. The second kappa shape index (κ2) is 7.41. The Morgan fingerprint density at radius 1 is 1.25 bits per heavy atom. The third-order valence-electron chi connectivity index (χ3n) is 3.10. The maximum Gasteiger partial charge on any atom is 0.151 e. The molecule has 5 heteroatoms. The van der Waals surface area contributed by atoms with Gasteiger partial charge >= 0.3 is 0 Å². The summed E-state index contributed by atoms with van der Waals surface area (Å²) in [6.07, 6.45) is 3.24. The van der Waals surface area contributed by atoms with Crippen LogP contribution in [0, 0.1) is 6.92 Å². The van der Waals surface area contributed by atoms with E-state index in [9.17, 15) is 0 Å². The second-order valence-corrected chi connectivity index (χ2v) is 5.29. The van der Waals surface area contributed by atoms with Crippen molar-refractivity contribution in [2.24, 2.45) is 0 Å². The minimum absolute atomic E-state index is 0.570. The molecule has 20 heavy (non-hydrogen) atoms. The predicted molar refractivity (Wildman–Crippen MR) is 81.7 cm³/mol. The van der Waals surface area contributed by atoms with Crippen LogP contribution in [-0.4, -0.2) is 15.0 Å². The summed E-state index contributed by atoms with van der Waals surface area (Å²) in [5.74, 6) is 0.974. The van der Waals surface area contributed by atoms with Crippen molar-refractivity contribution in [2.45, 2.75) is 46.2 Å². The van der Waals surface area contributed by atoms with Crippen LogP contribution in [0.2, 0.25) is 5.15 Å². The first-order valence-corrected chi connectivity index (χ1v) is 7.43. The lowest BCUT2D eigenvalue weighted by Gasteiger charge is -2.04. The van der Waals surface area contributed by atoms with Crippen LogP contribution in [0.4, 0.5) is 0 Å². The van der Waals surface area contributed by atoms with Gasteiger partial charge in [0.25, 0.3) is 0 Å². The molecule has 0 radical (unpaired) electrons. The average molecular weight is 293 g/mol. The highest BCUT2D eigenvalue weighted by atomic mass is 35.5. The molecular weight excluding hydrogens is 272 g/mol. The highest BCUT2D eigenvalue weighted by Crippen LogP contribution is 2.14. The molecule has 0 aliphatic rings. The molecule has 2 rings (SSSR count). The van der Waals surface area contributed by atoms with Crippen LogP contribution in [0.5, 0.6) is 0 Å². The Morgan fingerprint density at radius 2 is 2.10 bits per heavy atom. The number of imidazole rings is 1. The minimum Gasteiger partial charge on any atom is -0.344 e. The Morgan fingerprint density at radius 3 is 2.85 bits per heavy atom. The van der Waals surface area contributed by atoms with Gasteiger partial charge in [-0.2, -0.15) is 0 Å². The maximum absolute atomic E-state index is 6.13. The molecule has 0 saturated carbocycles. The van der Waals surface area contributed by atoms with Gasteiger partial charge in [0.2, 0.25) is 0 Å². The molecule has 2 N–H and O–H groups in total. The first kappa shape index (κ1) is 15.0. The van der Waals surface area contributed by atoms with E-state index in [0.29, 0.717) is 11.7 Å². The van der Waals surface area contributed by atoms with Crippen molar-refractivity contribution in [3.05, 3.63) is 46.3 Å². The molecule has 4 nitrogen and oxygen atoms in total. The van der Waals surface area contributed by atoms with Crippen molar-refractivity contribution in [3.63, 3.8) is 0 Å². The van der Waals surface area contributed by atoms with Gasteiger partial charge in [0.15, 0.2) is 5.15 Å². The molecule has 2 aromatic rings. The number of halogens is 1. The fourth-order valence-corrected chi connectivity index (χ4v) is 2.25. The Labute approximate surface area is 125 Å². The maximum atomic E-state index is 6.13. The molecule has 0 unspecified atom stereocenters. The normalized spacial score (nSPS) is 10.9. The molecule has 0 aliphatic carbocycles. The lowest BCUT2D eigenvalue weighted by atomic mass is 10.2. The Bertz CT molecular complexity index is 551. The summed E-state index contributed by atoms with van der Waals surface area (Å²) in [4.78, 5) is 12.1. The highest BCUT2D eigenvalue weighted by Gasteiger charge is 2.07. The van der Waals surface area contributed by atoms with Crippen molar-refractivity contribution in [3.8, 4) is 0 Å². The standard InChI is InChI=1S/C15H21ClN4/c1-3-4-8-14-19-13(15(16)20-14)10-17-9-12-7-5-6-11(2)18-12/h5-7,17H,3-4,8-10H2,1-2H3,(H,19,20). The van der Waals surface area contributed by atoms with Crippen LogP contribution < -0.4 is 5.32 Å². The Balaban J connectivity index is 1.86. The fourth-order valence-electron chi connectivity index (χ4n) is 2.03. The molecule has 0 aliphatic heterocycles. The molecule has 0 saturated heterocycles. The summed E-state index contributed by atoms with van der Waals surface area (Å²) in [5.41, 5.74) is 3.02. The van der Waals surface area contributed by atoms with E-state index in [4.69, 9.17) is 11.6 Å². The number of aromatic amines is 1. The number of pyridine rings is 1. The van der Waals surface area contributed by atoms with Gasteiger partial charge < -0.3 is 10.3 Å². The van der Waals surface area contributed by atoms with Crippen molar-refractivity contribution < 1.29 is 0 Å². The lowest BCUT2D eigenvalue weighted by Crippen LogP contribution is -2.14. The Kier molecular flexibility index (Phi) is 5.56. The van der Waals surface area contributed by atoms with Gasteiger partial charge in [-0.25, -0.2) is 4.98 Å². The number of hydrogen-bond donors (Lipinski definition) is 2. The number of hydrogen-bond acceptors (Lipinski definition) is 3. The molecule has 2 heterocycles. The zero-order valence-electron chi connectivity index (χ0n) is 12.0. The fraction of sp³-hybridized carbons (Fsp3) is 0.467. The van der Waals surface area contributed by atoms with Crippen molar-refractivity contribution >= 4 is 11.6 Å². The van der Waals surface area contributed by atoms with Gasteiger partial charge in [-0.15, -0.1) is 0 Å². The predicted octanol–water partition coefficient (Wildman–Crippen LogP) is 3.40. The minimum atomic E-state index is 0.570. The molecule has 0 atom stereocenters. The lowest BCUT2D eigenvalue weighted by molar-refractivity contribution is 0.665. The smallest absolute Gasteiger partial charge is 0.151 e. The highest BCUT2D eigenvalue weighted by molar-refractivity contribution is 6.30. The van der Waals surface area contributed by atoms with E-state index in [0.717, 1.165) is 48.7 Å². The van der Waals surface area contributed by atoms with E-state index in [-0.39, 0.29) is 0 Å². The van der Waals surface area contributed by atoms with Crippen molar-refractivity contribution in [2.75, 3.05) is 0 Å². The second-order valence-electron chi connectivity index (χ2n) is 4.93. The van der Waals surface area contributed by atoms with Crippen LogP contribution in [0.1, 0.15) is 42.7 Å². The summed E-state index contributed by atoms with van der Waals surface area (Å²) < 4.78 is 0. The third-order valence-corrected chi connectivity index (χ3v) is 3.41. The van der Waals surface area contributed by atoms with Gasteiger partial charge in [-0.05, 0) is 25.5 Å². The van der Waals surface area contributed by atoms with E-state index in [2.05, 4.69) is 27.2 Å². The molecule has 2 aromatic heterocycles. The van der Waals surface area contributed by atoms with Crippen LogP contribution >= 0.6 is 11.6 Å². The summed E-state index contributed by atoms with van der Waals surface area (Å²) in [7, 11) is 0. The van der Waals surface area contributed by atoms with Crippen LogP contribution in [0.25, 0.3) is 0 Å². The van der Waals surface area contributed by atoms with Crippen LogP contribution in [0.3, 0.4) is 0 Å². The van der Waals surface area contributed by atoms with Gasteiger partial charge in [0, 0.05) is 25.2 Å². The Hall–Kier alpha value is -1.39. The van der Waals surface area contributed by atoms with E-state index >= 15 is 0 Å². The quantitative estimate of drug-likeness (QED) is 0.822. The monoisotopic (exact) mass is 292 g/mol. The summed E-state index contributed by atoms with van der Waals surface area (Å²) in [6.45, 7) is 5.56. The molecule has 0 aromatic carbocycles. The SMILES string of the molecule is CCCCc1nc(Cl)c(CNCc2cccc(C)n2)[nH]1. The summed E-state index contributed by atoms with van der Waals surface area (Å²) >= 11 is 6.13. The number of nitrogens with one attached hydrogen (secondary N) is 2. The first-order chi connectivity index (χ1) is 9.69. The van der Waals surface area contributed by atoms with Crippen LogP contribution in [0.15, 0.2) is 18.2 Å². The van der Waals surface area contributed by atoms with Gasteiger partial charge in [-0.3, -0.25) is 4.98 Å². The van der Waals surface area contributed by atoms with Gasteiger partial charge in [0.1, 0.15) is 5.82 Å². The summed E-state index contributed by atoms with van der Waals surface area (Å²) in [6, 6.07) is 6.03. The molecule has 0 fully saturated rings. The molecule has 0 amide bonds. The topological polar surface area (TPSA) is 53.6 Å². The van der Waals surface area contributed by atoms with Gasteiger partial charge in [0.05, 0.1) is 11.4 Å².